The fourth-order valence-corrected chi connectivity index (χ4v) is 1.39. The molecule has 1 N–H and O–H groups in total. The third-order valence-electron chi connectivity index (χ3n) is 2.18. The Labute approximate surface area is 100 Å². The van der Waals surface area contributed by atoms with E-state index < -0.39 is 4.92 Å². The molecule has 0 amide bonds. The number of hydrogen-bond donors (Lipinski definition) is 1. The highest BCUT2D eigenvalue weighted by atomic mass is 16.6. The summed E-state index contributed by atoms with van der Waals surface area (Å²) in [6.07, 6.45) is 2.37. The van der Waals surface area contributed by atoms with Crippen molar-refractivity contribution in [3.8, 4) is 5.75 Å². The summed E-state index contributed by atoms with van der Waals surface area (Å²) in [7, 11) is 1.79. The first-order valence-corrected chi connectivity index (χ1v) is 5.34. The van der Waals surface area contributed by atoms with Gasteiger partial charge in [-0.3, -0.25) is 10.1 Å². The molecule has 0 unspecified atom stereocenters. The maximum absolute atomic E-state index is 10.9. The molecule has 1 aromatic rings. The highest BCUT2D eigenvalue weighted by molar-refractivity contribution is 5.48. The average molecular weight is 236 g/mol. The Morgan fingerprint density at radius 2 is 2.35 bits per heavy atom. The van der Waals surface area contributed by atoms with Gasteiger partial charge in [0.05, 0.1) is 11.5 Å². The Balaban J connectivity index is 2.87. The van der Waals surface area contributed by atoms with E-state index in [2.05, 4.69) is 11.9 Å². The summed E-state index contributed by atoms with van der Waals surface area (Å²) < 4.78 is 5.34. The van der Waals surface area contributed by atoms with Gasteiger partial charge in [0.2, 0.25) is 0 Å². The molecule has 92 valence electrons. The monoisotopic (exact) mass is 236 g/mol. The van der Waals surface area contributed by atoms with Crippen LogP contribution in [0.4, 0.5) is 5.69 Å². The van der Waals surface area contributed by atoms with Crippen molar-refractivity contribution >= 4 is 5.69 Å². The predicted octanol–water partition coefficient (Wildman–Crippen LogP) is 2.27. The molecule has 0 heterocycles. The van der Waals surface area contributed by atoms with Crippen LogP contribution in [0.25, 0.3) is 0 Å². The van der Waals surface area contributed by atoms with Crippen LogP contribution in [-0.2, 0) is 6.54 Å². The molecule has 0 bridgehead atoms. The number of hydrogen-bond acceptors (Lipinski definition) is 4. The number of nitrogens with one attached hydrogen (secondary N) is 1. The van der Waals surface area contributed by atoms with Crippen LogP contribution >= 0.6 is 0 Å². The van der Waals surface area contributed by atoms with Crippen molar-refractivity contribution in [1.82, 2.24) is 5.32 Å². The Morgan fingerprint density at radius 3 is 2.94 bits per heavy atom. The quantitative estimate of drug-likeness (QED) is 0.341. The van der Waals surface area contributed by atoms with Gasteiger partial charge in [0.1, 0.15) is 0 Å². The van der Waals surface area contributed by atoms with Gasteiger partial charge in [0.15, 0.2) is 5.75 Å². The van der Waals surface area contributed by atoms with Crippen molar-refractivity contribution in [1.29, 1.82) is 0 Å². The average Bonchev–Trinajstić information content (AvgIpc) is 2.31. The molecule has 0 spiro atoms. The van der Waals surface area contributed by atoms with Crippen LogP contribution < -0.4 is 10.1 Å². The molecular formula is C12H16N2O3. The Morgan fingerprint density at radius 1 is 1.59 bits per heavy atom. The number of nitro benzene ring substituents is 1. The van der Waals surface area contributed by atoms with Crippen molar-refractivity contribution in [2.75, 3.05) is 13.7 Å². The second-order valence-corrected chi connectivity index (χ2v) is 3.52. The fourth-order valence-electron chi connectivity index (χ4n) is 1.39. The smallest absolute Gasteiger partial charge is 0.311 e. The highest BCUT2D eigenvalue weighted by Crippen LogP contribution is 2.28. The standard InChI is InChI=1S/C12H16N2O3/c1-3-4-7-17-12-6-5-10(9-13-2)8-11(12)14(15)16/h3,5-6,8,13H,1,4,7,9H2,2H3. The molecule has 5 heteroatoms. The first-order valence-electron chi connectivity index (χ1n) is 5.34. The molecule has 0 radical (unpaired) electrons. The predicted molar refractivity (Wildman–Crippen MR) is 66.2 cm³/mol. The van der Waals surface area contributed by atoms with Gasteiger partial charge in [0, 0.05) is 12.6 Å². The maximum Gasteiger partial charge on any atom is 0.311 e. The van der Waals surface area contributed by atoms with Crippen LogP contribution in [0.2, 0.25) is 0 Å². The van der Waals surface area contributed by atoms with E-state index in [0.717, 1.165) is 5.56 Å². The highest BCUT2D eigenvalue weighted by Gasteiger charge is 2.15. The minimum atomic E-state index is -0.428. The van der Waals surface area contributed by atoms with Gasteiger partial charge in [-0.05, 0) is 25.1 Å². The van der Waals surface area contributed by atoms with Crippen LogP contribution in [0.1, 0.15) is 12.0 Å². The number of nitro groups is 1. The lowest BCUT2D eigenvalue weighted by Crippen LogP contribution is -2.06. The second-order valence-electron chi connectivity index (χ2n) is 3.52. The fraction of sp³-hybridized carbons (Fsp3) is 0.333. The third-order valence-corrected chi connectivity index (χ3v) is 2.18. The van der Waals surface area contributed by atoms with Crippen molar-refractivity contribution in [3.63, 3.8) is 0 Å². The lowest BCUT2D eigenvalue weighted by atomic mass is 10.2. The topological polar surface area (TPSA) is 64.4 Å². The summed E-state index contributed by atoms with van der Waals surface area (Å²) in [5, 5.41) is 13.8. The number of rotatable bonds is 7. The Bertz CT molecular complexity index is 405. The van der Waals surface area contributed by atoms with Crippen LogP contribution in [0.5, 0.6) is 5.75 Å². The molecule has 5 nitrogen and oxygen atoms in total. The van der Waals surface area contributed by atoms with Crippen molar-refractivity contribution in [2.45, 2.75) is 13.0 Å². The van der Waals surface area contributed by atoms with E-state index in [0.29, 0.717) is 25.3 Å². The minimum absolute atomic E-state index is 0.00168. The summed E-state index contributed by atoms with van der Waals surface area (Å²) in [5.74, 6) is 0.303. The Hall–Kier alpha value is -1.88. The molecule has 0 aliphatic heterocycles. The second kappa shape index (κ2) is 6.65. The first kappa shape index (κ1) is 13.2. The summed E-state index contributed by atoms with van der Waals surface area (Å²) in [6.45, 7) is 4.56. The van der Waals surface area contributed by atoms with Crippen molar-refractivity contribution in [2.24, 2.45) is 0 Å². The summed E-state index contributed by atoms with van der Waals surface area (Å²) in [5.41, 5.74) is 0.858. The molecule has 1 rings (SSSR count). The summed E-state index contributed by atoms with van der Waals surface area (Å²) in [4.78, 5) is 10.5. The molecule has 0 aliphatic rings. The SMILES string of the molecule is C=CCCOc1ccc(CNC)cc1[N+](=O)[O-]. The normalized spacial score (nSPS) is 9.94. The third kappa shape index (κ3) is 3.88. The Kier molecular flexibility index (Phi) is 5.16. The van der Waals surface area contributed by atoms with E-state index >= 15 is 0 Å². The lowest BCUT2D eigenvalue weighted by molar-refractivity contribution is -0.385. The number of nitrogens with zero attached hydrogens (tertiary/aromatic N) is 1. The lowest BCUT2D eigenvalue weighted by Gasteiger charge is -2.07. The van der Waals surface area contributed by atoms with Crippen LogP contribution in [0.3, 0.4) is 0 Å². The molecule has 0 saturated carbocycles. The molecular weight excluding hydrogens is 220 g/mol. The number of benzene rings is 1. The first-order chi connectivity index (χ1) is 8.19. The van der Waals surface area contributed by atoms with E-state index in [9.17, 15) is 10.1 Å². The van der Waals surface area contributed by atoms with E-state index in [1.54, 1.807) is 19.2 Å². The van der Waals surface area contributed by atoms with Crippen LogP contribution in [-0.4, -0.2) is 18.6 Å². The van der Waals surface area contributed by atoms with E-state index in [1.807, 2.05) is 6.07 Å². The molecule has 0 aliphatic carbocycles. The molecule has 0 aromatic heterocycles. The number of ether oxygens (including phenoxy) is 1. The van der Waals surface area contributed by atoms with Crippen LogP contribution in [0.15, 0.2) is 30.9 Å². The molecule has 0 saturated heterocycles. The zero-order valence-electron chi connectivity index (χ0n) is 9.81. The maximum atomic E-state index is 10.9. The van der Waals surface area contributed by atoms with Crippen molar-refractivity contribution < 1.29 is 9.66 Å². The van der Waals surface area contributed by atoms with Crippen molar-refractivity contribution in [3.05, 3.63) is 46.5 Å². The van der Waals surface area contributed by atoms with Gasteiger partial charge in [-0.1, -0.05) is 12.1 Å². The van der Waals surface area contributed by atoms with E-state index in [1.165, 1.54) is 6.07 Å². The molecule has 1 aromatic carbocycles. The summed E-state index contributed by atoms with van der Waals surface area (Å²) >= 11 is 0. The van der Waals surface area contributed by atoms with E-state index in [4.69, 9.17) is 4.74 Å². The zero-order chi connectivity index (χ0) is 12.7. The van der Waals surface area contributed by atoms with Gasteiger partial charge in [-0.2, -0.15) is 0 Å². The van der Waals surface area contributed by atoms with Gasteiger partial charge < -0.3 is 10.1 Å². The molecule has 0 atom stereocenters. The van der Waals surface area contributed by atoms with Crippen LogP contribution in [0, 0.1) is 10.1 Å². The zero-order valence-corrected chi connectivity index (χ0v) is 9.81. The van der Waals surface area contributed by atoms with Gasteiger partial charge >= 0.3 is 5.69 Å². The van der Waals surface area contributed by atoms with E-state index in [-0.39, 0.29) is 5.69 Å². The minimum Gasteiger partial charge on any atom is -0.486 e. The largest absolute Gasteiger partial charge is 0.486 e. The van der Waals surface area contributed by atoms with Gasteiger partial charge in [0.25, 0.3) is 0 Å². The summed E-state index contributed by atoms with van der Waals surface area (Å²) in [6, 6.07) is 4.97. The van der Waals surface area contributed by atoms with Gasteiger partial charge in [-0.25, -0.2) is 0 Å². The molecule has 17 heavy (non-hydrogen) atoms. The molecule has 0 fully saturated rings. The van der Waals surface area contributed by atoms with Gasteiger partial charge in [-0.15, -0.1) is 6.58 Å².